The lowest BCUT2D eigenvalue weighted by molar-refractivity contribution is -0.133. The first kappa shape index (κ1) is 15.8. The number of nitrogens with two attached hydrogens (primary N) is 1. The molecule has 1 aliphatic rings. The van der Waals surface area contributed by atoms with Gasteiger partial charge in [-0.1, -0.05) is 19.1 Å². The molecule has 0 bridgehead atoms. The van der Waals surface area contributed by atoms with E-state index in [1.807, 2.05) is 24.0 Å². The van der Waals surface area contributed by atoms with Gasteiger partial charge in [0.2, 0.25) is 5.91 Å². The minimum atomic E-state index is -0.0236. The second-order valence-corrected chi connectivity index (χ2v) is 5.82. The Bertz CT molecular complexity index is 502. The van der Waals surface area contributed by atoms with Gasteiger partial charge < -0.3 is 15.4 Å². The molecule has 2 atom stereocenters. The summed E-state index contributed by atoms with van der Waals surface area (Å²) in [4.78, 5) is 14.4. The maximum absolute atomic E-state index is 12.4. The van der Waals surface area contributed by atoms with Gasteiger partial charge in [-0.25, -0.2) is 0 Å². The summed E-state index contributed by atoms with van der Waals surface area (Å²) in [6.07, 6.45) is 3.33. The predicted molar refractivity (Wildman–Crippen MR) is 84.3 cm³/mol. The summed E-state index contributed by atoms with van der Waals surface area (Å²) in [5, 5.41) is 0. The third-order valence-corrected chi connectivity index (χ3v) is 4.21. The first-order chi connectivity index (χ1) is 10.1. The van der Waals surface area contributed by atoms with Gasteiger partial charge in [-0.05, 0) is 43.4 Å². The summed E-state index contributed by atoms with van der Waals surface area (Å²) in [6.45, 7) is 4.89. The predicted octanol–water partition coefficient (Wildman–Crippen LogP) is 2.79. The molecule has 1 heterocycles. The van der Waals surface area contributed by atoms with Crippen LogP contribution in [0, 0.1) is 6.92 Å². The van der Waals surface area contributed by atoms with Gasteiger partial charge in [-0.3, -0.25) is 4.79 Å². The summed E-state index contributed by atoms with van der Waals surface area (Å²) >= 11 is 0. The summed E-state index contributed by atoms with van der Waals surface area (Å²) in [6, 6.07) is 6.08. The number of aryl methyl sites for hydroxylation is 1. The Balaban J connectivity index is 2.39. The van der Waals surface area contributed by atoms with Crippen LogP contribution in [-0.4, -0.2) is 30.5 Å². The van der Waals surface area contributed by atoms with Gasteiger partial charge in [-0.15, -0.1) is 0 Å². The molecule has 1 aliphatic heterocycles. The van der Waals surface area contributed by atoms with Crippen LogP contribution in [0.5, 0.6) is 5.75 Å². The second-order valence-electron chi connectivity index (χ2n) is 5.82. The van der Waals surface area contributed by atoms with Crippen molar-refractivity contribution < 1.29 is 9.53 Å². The molecule has 0 saturated carbocycles. The van der Waals surface area contributed by atoms with Crippen LogP contribution in [0.1, 0.15) is 49.8 Å². The van der Waals surface area contributed by atoms with E-state index in [0.717, 1.165) is 42.7 Å². The fourth-order valence-corrected chi connectivity index (χ4v) is 3.19. The van der Waals surface area contributed by atoms with Gasteiger partial charge in [0.05, 0.1) is 13.2 Å². The zero-order valence-electron chi connectivity index (χ0n) is 13.3. The smallest absolute Gasteiger partial charge is 0.223 e. The number of ether oxygens (including phenoxy) is 1. The molecule has 1 amide bonds. The molecule has 1 saturated heterocycles. The fraction of sp³-hybridized carbons (Fsp3) is 0.588. The van der Waals surface area contributed by atoms with E-state index in [2.05, 4.69) is 13.0 Å². The Morgan fingerprint density at radius 3 is 2.81 bits per heavy atom. The van der Waals surface area contributed by atoms with E-state index in [9.17, 15) is 4.79 Å². The highest BCUT2D eigenvalue weighted by Crippen LogP contribution is 2.32. The lowest BCUT2D eigenvalue weighted by atomic mass is 9.94. The highest BCUT2D eigenvalue weighted by molar-refractivity contribution is 5.77. The Morgan fingerprint density at radius 2 is 2.19 bits per heavy atom. The van der Waals surface area contributed by atoms with E-state index in [0.29, 0.717) is 6.42 Å². The third-order valence-electron chi connectivity index (χ3n) is 4.21. The summed E-state index contributed by atoms with van der Waals surface area (Å²) in [5.74, 6) is 1.09. The summed E-state index contributed by atoms with van der Waals surface area (Å²) < 4.78 is 5.32. The van der Waals surface area contributed by atoms with Crippen LogP contribution in [0.3, 0.4) is 0 Å². The topological polar surface area (TPSA) is 55.6 Å². The van der Waals surface area contributed by atoms with Crippen LogP contribution in [0.4, 0.5) is 0 Å². The van der Waals surface area contributed by atoms with Crippen LogP contribution in [0.25, 0.3) is 0 Å². The van der Waals surface area contributed by atoms with Gasteiger partial charge in [0, 0.05) is 19.0 Å². The van der Waals surface area contributed by atoms with E-state index in [1.54, 1.807) is 7.11 Å². The molecule has 1 fully saturated rings. The minimum Gasteiger partial charge on any atom is -0.496 e. The highest BCUT2D eigenvalue weighted by atomic mass is 16.5. The van der Waals surface area contributed by atoms with Crippen molar-refractivity contribution >= 4 is 5.91 Å². The largest absolute Gasteiger partial charge is 0.496 e. The van der Waals surface area contributed by atoms with E-state index in [-0.39, 0.29) is 18.0 Å². The van der Waals surface area contributed by atoms with Gasteiger partial charge in [0.15, 0.2) is 0 Å². The van der Waals surface area contributed by atoms with Crippen molar-refractivity contribution in [1.82, 2.24) is 4.90 Å². The van der Waals surface area contributed by atoms with Crippen molar-refractivity contribution in [2.75, 3.05) is 13.7 Å². The van der Waals surface area contributed by atoms with Gasteiger partial charge >= 0.3 is 0 Å². The van der Waals surface area contributed by atoms with Crippen molar-refractivity contribution in [2.24, 2.45) is 5.73 Å². The molecule has 0 spiro atoms. The number of nitrogens with zero attached hydrogens (tertiary/aromatic N) is 1. The number of hydrogen-bond acceptors (Lipinski definition) is 3. The molecule has 116 valence electrons. The summed E-state index contributed by atoms with van der Waals surface area (Å²) in [5.41, 5.74) is 8.58. The molecular weight excluding hydrogens is 264 g/mol. The molecule has 0 aromatic heterocycles. The second kappa shape index (κ2) is 6.94. The van der Waals surface area contributed by atoms with Crippen molar-refractivity contribution in [3.63, 3.8) is 0 Å². The maximum atomic E-state index is 12.4. The zero-order chi connectivity index (χ0) is 15.4. The number of methoxy groups -OCH3 is 1. The first-order valence-corrected chi connectivity index (χ1v) is 7.78. The Morgan fingerprint density at radius 1 is 1.43 bits per heavy atom. The van der Waals surface area contributed by atoms with Gasteiger partial charge in [0.1, 0.15) is 5.75 Å². The van der Waals surface area contributed by atoms with E-state index in [4.69, 9.17) is 10.5 Å². The molecule has 4 heteroatoms. The number of benzene rings is 1. The zero-order valence-corrected chi connectivity index (χ0v) is 13.3. The van der Waals surface area contributed by atoms with E-state index >= 15 is 0 Å². The molecule has 2 N–H and O–H groups in total. The molecular formula is C17H26N2O2. The Kier molecular flexibility index (Phi) is 5.23. The Hall–Kier alpha value is -1.55. The maximum Gasteiger partial charge on any atom is 0.223 e. The van der Waals surface area contributed by atoms with E-state index < -0.39 is 0 Å². The number of carbonyl (C=O) groups excluding carboxylic acids is 1. The lowest BCUT2D eigenvalue weighted by Crippen LogP contribution is -2.42. The molecule has 2 unspecified atom stereocenters. The third kappa shape index (κ3) is 3.38. The lowest BCUT2D eigenvalue weighted by Gasteiger charge is -2.34. The number of carbonyl (C=O) groups is 1. The van der Waals surface area contributed by atoms with Crippen LogP contribution in [-0.2, 0) is 4.79 Å². The molecule has 2 rings (SSSR count). The molecule has 1 aromatic carbocycles. The van der Waals surface area contributed by atoms with Crippen molar-refractivity contribution in [3.8, 4) is 5.75 Å². The quantitative estimate of drug-likeness (QED) is 0.927. The van der Waals surface area contributed by atoms with Gasteiger partial charge in [-0.2, -0.15) is 0 Å². The van der Waals surface area contributed by atoms with Crippen molar-refractivity contribution in [1.29, 1.82) is 0 Å². The minimum absolute atomic E-state index is 0.00389. The average molecular weight is 290 g/mol. The van der Waals surface area contributed by atoms with Crippen LogP contribution in [0.15, 0.2) is 18.2 Å². The standard InChI is InChI=1S/C17H26N2O2/c1-4-10-19-16(20)7-5-6-14(18)17(19)13-8-9-15(21-3)12(2)11-13/h8-9,11,14,17H,4-7,10,18H2,1-3H3. The van der Waals surface area contributed by atoms with Crippen molar-refractivity contribution in [2.45, 2.75) is 51.6 Å². The Labute approximate surface area is 127 Å². The molecule has 0 radical (unpaired) electrons. The van der Waals surface area contributed by atoms with Crippen LogP contribution >= 0.6 is 0 Å². The SMILES string of the molecule is CCCN1C(=O)CCCC(N)C1c1ccc(OC)c(C)c1. The van der Waals surface area contributed by atoms with Gasteiger partial charge in [0.25, 0.3) is 0 Å². The number of likely N-dealkylation sites (tertiary alicyclic amines) is 1. The van der Waals surface area contributed by atoms with Crippen LogP contribution in [0.2, 0.25) is 0 Å². The van der Waals surface area contributed by atoms with E-state index in [1.165, 1.54) is 0 Å². The molecule has 1 aromatic rings. The van der Waals surface area contributed by atoms with Crippen molar-refractivity contribution in [3.05, 3.63) is 29.3 Å². The first-order valence-electron chi connectivity index (χ1n) is 7.78. The number of rotatable bonds is 4. The number of amides is 1. The summed E-state index contributed by atoms with van der Waals surface area (Å²) in [7, 11) is 1.67. The highest BCUT2D eigenvalue weighted by Gasteiger charge is 2.32. The monoisotopic (exact) mass is 290 g/mol. The molecule has 0 aliphatic carbocycles. The fourth-order valence-electron chi connectivity index (χ4n) is 3.19. The average Bonchev–Trinajstić information content (AvgIpc) is 2.59. The van der Waals surface area contributed by atoms with Crippen LogP contribution < -0.4 is 10.5 Å². The molecule has 4 nitrogen and oxygen atoms in total. The normalized spacial score (nSPS) is 23.0. The number of hydrogen-bond donors (Lipinski definition) is 1. The molecule has 21 heavy (non-hydrogen) atoms.